The molecule has 1 aromatic carbocycles. The summed E-state index contributed by atoms with van der Waals surface area (Å²) >= 11 is 1.72. The zero-order chi connectivity index (χ0) is 16.5. The fraction of sp³-hybridized carbons (Fsp3) is 0.667. The summed E-state index contributed by atoms with van der Waals surface area (Å²) in [6.45, 7) is 8.34. The smallest absolute Gasteiger partial charge is 0.124 e. The predicted molar refractivity (Wildman–Crippen MR) is 93.7 cm³/mol. The van der Waals surface area contributed by atoms with Crippen LogP contribution < -0.4 is 9.46 Å². The first-order valence-electron chi connectivity index (χ1n) is 8.34. The van der Waals surface area contributed by atoms with Gasteiger partial charge >= 0.3 is 0 Å². The Hall–Kier alpha value is -0.750. The van der Waals surface area contributed by atoms with E-state index in [1.807, 2.05) is 18.2 Å². The molecule has 1 saturated heterocycles. The van der Waals surface area contributed by atoms with Crippen LogP contribution in [-0.2, 0) is 4.74 Å². The van der Waals surface area contributed by atoms with Crippen LogP contribution in [0.25, 0.3) is 0 Å². The van der Waals surface area contributed by atoms with E-state index < -0.39 is 5.60 Å². The molecule has 0 spiro atoms. The molecule has 23 heavy (non-hydrogen) atoms. The Balaban J connectivity index is 1.88. The van der Waals surface area contributed by atoms with Crippen molar-refractivity contribution in [1.82, 2.24) is 4.72 Å². The lowest BCUT2D eigenvalue weighted by molar-refractivity contribution is -0.119. The van der Waals surface area contributed by atoms with Crippen molar-refractivity contribution in [2.45, 2.75) is 50.0 Å². The molecule has 0 radical (unpaired) electrons. The van der Waals surface area contributed by atoms with Gasteiger partial charge in [0.05, 0.1) is 18.2 Å². The number of ether oxygens (including phenoxy) is 2. The van der Waals surface area contributed by atoms with Gasteiger partial charge in [0.1, 0.15) is 5.75 Å². The summed E-state index contributed by atoms with van der Waals surface area (Å²) in [7, 11) is 0. The van der Waals surface area contributed by atoms with Crippen LogP contribution in [0.5, 0.6) is 5.75 Å². The van der Waals surface area contributed by atoms with Crippen LogP contribution in [0, 0.1) is 5.92 Å². The average Bonchev–Trinajstić information content (AvgIpc) is 2.52. The fourth-order valence-corrected chi connectivity index (χ4v) is 4.08. The van der Waals surface area contributed by atoms with Gasteiger partial charge in [-0.25, -0.2) is 0 Å². The minimum Gasteiger partial charge on any atom is -0.493 e. The quantitative estimate of drug-likeness (QED) is 0.829. The minimum atomic E-state index is -0.734. The maximum absolute atomic E-state index is 11.2. The lowest BCUT2D eigenvalue weighted by Crippen LogP contribution is -2.51. The Labute approximate surface area is 143 Å². The van der Waals surface area contributed by atoms with E-state index in [4.69, 9.17) is 9.47 Å². The highest BCUT2D eigenvalue weighted by Crippen LogP contribution is 2.44. The molecule has 2 unspecified atom stereocenters. The molecule has 128 valence electrons. The molecule has 5 heteroatoms. The van der Waals surface area contributed by atoms with Gasteiger partial charge in [-0.3, -0.25) is 4.72 Å². The topological polar surface area (TPSA) is 50.7 Å². The van der Waals surface area contributed by atoms with Crippen molar-refractivity contribution in [3.05, 3.63) is 29.8 Å². The van der Waals surface area contributed by atoms with E-state index in [2.05, 4.69) is 31.6 Å². The van der Waals surface area contributed by atoms with Crippen LogP contribution in [0.4, 0.5) is 0 Å². The van der Waals surface area contributed by atoms with Crippen molar-refractivity contribution in [2.24, 2.45) is 5.92 Å². The first-order chi connectivity index (χ1) is 10.9. The highest BCUT2D eigenvalue weighted by Gasteiger charge is 2.46. The average molecular weight is 337 g/mol. The normalized spacial score (nSPS) is 27.1. The summed E-state index contributed by atoms with van der Waals surface area (Å²) in [6, 6.07) is 8.22. The monoisotopic (exact) mass is 337 g/mol. The van der Waals surface area contributed by atoms with Crippen molar-refractivity contribution in [3.8, 4) is 5.75 Å². The number of fused-ring (bicyclic) bond motifs is 1. The molecular weight excluding hydrogens is 310 g/mol. The summed E-state index contributed by atoms with van der Waals surface area (Å²) in [4.78, 5) is 0. The van der Waals surface area contributed by atoms with Crippen molar-refractivity contribution < 1.29 is 14.6 Å². The molecule has 1 fully saturated rings. The Bertz CT molecular complexity index is 537. The van der Waals surface area contributed by atoms with Gasteiger partial charge in [-0.1, -0.05) is 30.1 Å². The third kappa shape index (κ3) is 3.85. The Morgan fingerprint density at radius 2 is 1.91 bits per heavy atom. The third-order valence-electron chi connectivity index (χ3n) is 4.62. The summed E-state index contributed by atoms with van der Waals surface area (Å²) < 4.78 is 15.1. The maximum atomic E-state index is 11.2. The molecule has 0 aliphatic carbocycles. The van der Waals surface area contributed by atoms with Crippen LogP contribution in [0.1, 0.15) is 45.2 Å². The van der Waals surface area contributed by atoms with E-state index in [-0.39, 0.29) is 16.7 Å². The molecular formula is C18H27NO3S. The van der Waals surface area contributed by atoms with Gasteiger partial charge in [-0.05, 0) is 26.8 Å². The second kappa shape index (κ2) is 6.63. The molecule has 2 atom stereocenters. The number of para-hydroxylation sites is 1. The second-order valence-corrected chi connectivity index (χ2v) is 9.15. The molecule has 0 aromatic heterocycles. The first-order valence-corrected chi connectivity index (χ1v) is 9.16. The van der Waals surface area contributed by atoms with Gasteiger partial charge in [0.25, 0.3) is 0 Å². The molecule has 4 nitrogen and oxygen atoms in total. The van der Waals surface area contributed by atoms with E-state index in [0.717, 1.165) is 11.3 Å². The predicted octanol–water partition coefficient (Wildman–Crippen LogP) is 3.31. The Morgan fingerprint density at radius 3 is 2.61 bits per heavy atom. The van der Waals surface area contributed by atoms with Crippen molar-refractivity contribution >= 4 is 11.9 Å². The van der Waals surface area contributed by atoms with Crippen LogP contribution in [0.2, 0.25) is 0 Å². The largest absolute Gasteiger partial charge is 0.493 e. The number of nitrogens with one attached hydrogen (secondary N) is 1. The van der Waals surface area contributed by atoms with E-state index >= 15 is 0 Å². The molecule has 0 bridgehead atoms. The number of rotatable bonds is 3. The molecule has 2 aliphatic heterocycles. The van der Waals surface area contributed by atoms with E-state index in [0.29, 0.717) is 32.7 Å². The number of hydrogen-bond donors (Lipinski definition) is 2. The highest BCUT2D eigenvalue weighted by molar-refractivity contribution is 7.98. The summed E-state index contributed by atoms with van der Waals surface area (Å²) in [5.41, 5.74) is 0.405. The maximum Gasteiger partial charge on any atom is 0.124 e. The van der Waals surface area contributed by atoms with Gasteiger partial charge in [0.2, 0.25) is 0 Å². The standard InChI is InChI=1S/C18H27NO3S/c1-17(2,3)23-19-16-13-6-4-5-7-15(13)22-12-14(16)18(20)8-10-21-11-9-18/h4-7,14,16,19-20H,8-12H2,1-3H3. The molecule has 0 amide bonds. The first kappa shape index (κ1) is 17.1. The lowest BCUT2D eigenvalue weighted by atomic mass is 9.74. The van der Waals surface area contributed by atoms with Gasteiger partial charge in [0.15, 0.2) is 0 Å². The van der Waals surface area contributed by atoms with Gasteiger partial charge in [-0.15, -0.1) is 0 Å². The van der Waals surface area contributed by atoms with Gasteiger partial charge < -0.3 is 14.6 Å². The summed E-state index contributed by atoms with van der Waals surface area (Å²) in [6.07, 6.45) is 1.34. The minimum absolute atomic E-state index is 0.0242. The zero-order valence-corrected chi connectivity index (χ0v) is 15.0. The van der Waals surface area contributed by atoms with E-state index in [9.17, 15) is 5.11 Å². The zero-order valence-electron chi connectivity index (χ0n) is 14.2. The number of hydrogen-bond acceptors (Lipinski definition) is 5. The SMILES string of the molecule is CC(C)(C)SNC1c2ccccc2OCC1C1(O)CCOCC1. The lowest BCUT2D eigenvalue weighted by Gasteiger charge is -2.45. The summed E-state index contributed by atoms with van der Waals surface area (Å²) in [5.74, 6) is 0.947. The molecule has 0 saturated carbocycles. The van der Waals surface area contributed by atoms with Crippen molar-refractivity contribution in [2.75, 3.05) is 19.8 Å². The fourth-order valence-electron chi connectivity index (χ4n) is 3.31. The van der Waals surface area contributed by atoms with Crippen molar-refractivity contribution in [1.29, 1.82) is 0 Å². The van der Waals surface area contributed by atoms with Crippen molar-refractivity contribution in [3.63, 3.8) is 0 Å². The number of benzene rings is 1. The molecule has 3 rings (SSSR count). The highest BCUT2D eigenvalue weighted by atomic mass is 32.2. The van der Waals surface area contributed by atoms with Crippen LogP contribution in [0.15, 0.2) is 24.3 Å². The van der Waals surface area contributed by atoms with E-state index in [1.54, 1.807) is 11.9 Å². The molecule has 2 aliphatic rings. The molecule has 2 heterocycles. The van der Waals surface area contributed by atoms with Crippen LogP contribution in [0.3, 0.4) is 0 Å². The molecule has 1 aromatic rings. The third-order valence-corrected chi connectivity index (χ3v) is 5.60. The van der Waals surface area contributed by atoms with Gasteiger partial charge in [-0.2, -0.15) is 0 Å². The molecule has 2 N–H and O–H groups in total. The second-order valence-electron chi connectivity index (χ2n) is 7.48. The number of aliphatic hydroxyl groups is 1. The van der Waals surface area contributed by atoms with Crippen LogP contribution in [-0.4, -0.2) is 35.3 Å². The summed E-state index contributed by atoms with van der Waals surface area (Å²) in [5, 5.41) is 11.2. The Kier molecular flexibility index (Phi) is 4.93. The van der Waals surface area contributed by atoms with Crippen LogP contribution >= 0.6 is 11.9 Å². The Morgan fingerprint density at radius 1 is 1.22 bits per heavy atom. The van der Waals surface area contributed by atoms with Gasteiger partial charge in [0, 0.05) is 42.3 Å². The van der Waals surface area contributed by atoms with E-state index in [1.165, 1.54) is 0 Å².